The molecule has 29 heavy (non-hydrogen) atoms. The third-order valence-corrected chi connectivity index (χ3v) is 6.69. The highest BCUT2D eigenvalue weighted by molar-refractivity contribution is 8.01. The molecule has 9 heteroatoms. The van der Waals surface area contributed by atoms with Crippen molar-refractivity contribution in [3.05, 3.63) is 72.6 Å². The van der Waals surface area contributed by atoms with Gasteiger partial charge in [-0.3, -0.25) is 4.79 Å². The van der Waals surface area contributed by atoms with E-state index in [-0.39, 0.29) is 17.5 Å². The van der Waals surface area contributed by atoms with Crippen molar-refractivity contribution < 1.29 is 9.18 Å². The number of halogens is 1. The molecule has 150 valence electrons. The molecule has 0 saturated carbocycles. The van der Waals surface area contributed by atoms with E-state index in [1.807, 2.05) is 30.3 Å². The van der Waals surface area contributed by atoms with E-state index >= 15 is 0 Å². The lowest BCUT2D eigenvalue weighted by Crippen LogP contribution is -2.14. The van der Waals surface area contributed by atoms with E-state index in [4.69, 9.17) is 0 Å². The fraction of sp³-hybridized carbons (Fsp3) is 0.150. The van der Waals surface area contributed by atoms with E-state index in [9.17, 15) is 9.18 Å². The topological polar surface area (TPSA) is 66.9 Å². The van der Waals surface area contributed by atoms with Crippen LogP contribution in [0.1, 0.15) is 5.56 Å². The lowest BCUT2D eigenvalue weighted by atomic mass is 10.2. The van der Waals surface area contributed by atoms with Crippen LogP contribution in [0.25, 0.3) is 0 Å². The summed E-state index contributed by atoms with van der Waals surface area (Å²) in [5.41, 5.74) is 1.74. The van der Waals surface area contributed by atoms with Gasteiger partial charge in [-0.1, -0.05) is 53.4 Å². The van der Waals surface area contributed by atoms with Crippen LogP contribution in [-0.4, -0.2) is 27.6 Å². The summed E-state index contributed by atoms with van der Waals surface area (Å²) < 4.78 is 13.6. The van der Waals surface area contributed by atoms with Gasteiger partial charge in [0.1, 0.15) is 5.82 Å². The maximum absolute atomic E-state index is 12.9. The zero-order chi connectivity index (χ0) is 20.5. The number of para-hydroxylation sites is 1. The largest absolute Gasteiger partial charge is 0.356 e. The summed E-state index contributed by atoms with van der Waals surface area (Å²) in [7, 11) is 0. The zero-order valence-corrected chi connectivity index (χ0v) is 17.9. The fourth-order valence-corrected chi connectivity index (χ4v) is 4.57. The van der Waals surface area contributed by atoms with Gasteiger partial charge in [-0.05, 0) is 29.8 Å². The predicted molar refractivity (Wildman–Crippen MR) is 120 cm³/mol. The highest BCUT2D eigenvalue weighted by atomic mass is 32.2. The smallest absolute Gasteiger partial charge is 0.234 e. The Morgan fingerprint density at radius 2 is 1.93 bits per heavy atom. The molecular formula is C20H19FN4OS3. The van der Waals surface area contributed by atoms with Crippen LogP contribution in [0, 0.1) is 5.82 Å². The summed E-state index contributed by atoms with van der Waals surface area (Å²) in [4.78, 5) is 13.3. The molecule has 5 nitrogen and oxygen atoms in total. The number of nitrogens with one attached hydrogen (secondary N) is 2. The number of aromatic nitrogens is 2. The van der Waals surface area contributed by atoms with Crippen LogP contribution in [0.3, 0.4) is 0 Å². The SMILES string of the molecule is C=CCSc1ccccc1NC(=O)CSc1nnc(NCc2ccc(F)cc2)s1. The summed E-state index contributed by atoms with van der Waals surface area (Å²) >= 11 is 4.34. The van der Waals surface area contributed by atoms with E-state index < -0.39 is 0 Å². The number of carbonyl (C=O) groups is 1. The molecule has 2 N–H and O–H groups in total. The van der Waals surface area contributed by atoms with Gasteiger partial charge in [-0.15, -0.1) is 28.5 Å². The first-order valence-electron chi connectivity index (χ1n) is 8.71. The van der Waals surface area contributed by atoms with Gasteiger partial charge >= 0.3 is 0 Å². The Labute approximate surface area is 181 Å². The molecule has 0 radical (unpaired) electrons. The van der Waals surface area contributed by atoms with Crippen LogP contribution < -0.4 is 10.6 Å². The van der Waals surface area contributed by atoms with Crippen molar-refractivity contribution in [1.29, 1.82) is 0 Å². The van der Waals surface area contributed by atoms with Crippen LogP contribution in [0.5, 0.6) is 0 Å². The first kappa shape index (κ1) is 21.4. The lowest BCUT2D eigenvalue weighted by Gasteiger charge is -2.09. The number of benzene rings is 2. The minimum Gasteiger partial charge on any atom is -0.356 e. The average molecular weight is 447 g/mol. The molecule has 0 unspecified atom stereocenters. The van der Waals surface area contributed by atoms with Gasteiger partial charge in [-0.2, -0.15) is 0 Å². The Kier molecular flexibility index (Phi) is 8.09. The molecule has 1 heterocycles. The summed E-state index contributed by atoms with van der Waals surface area (Å²) in [5, 5.41) is 14.9. The van der Waals surface area contributed by atoms with Crippen molar-refractivity contribution in [2.24, 2.45) is 0 Å². The number of rotatable bonds is 10. The van der Waals surface area contributed by atoms with Crippen LogP contribution in [-0.2, 0) is 11.3 Å². The van der Waals surface area contributed by atoms with E-state index in [0.717, 1.165) is 21.9 Å². The molecule has 0 spiro atoms. The highest BCUT2D eigenvalue weighted by Gasteiger charge is 2.10. The van der Waals surface area contributed by atoms with Gasteiger partial charge in [0.2, 0.25) is 11.0 Å². The molecule has 0 atom stereocenters. The summed E-state index contributed by atoms with van der Waals surface area (Å²) in [6.07, 6.45) is 1.83. The first-order chi connectivity index (χ1) is 14.1. The van der Waals surface area contributed by atoms with E-state index in [2.05, 4.69) is 27.4 Å². The molecule has 0 saturated heterocycles. The van der Waals surface area contributed by atoms with Gasteiger partial charge < -0.3 is 10.6 Å². The Morgan fingerprint density at radius 3 is 2.72 bits per heavy atom. The fourth-order valence-electron chi connectivity index (χ4n) is 2.28. The monoisotopic (exact) mass is 446 g/mol. The third-order valence-electron chi connectivity index (χ3n) is 3.61. The van der Waals surface area contributed by atoms with Crippen LogP contribution >= 0.6 is 34.9 Å². The molecule has 1 aromatic heterocycles. The Morgan fingerprint density at radius 1 is 1.14 bits per heavy atom. The molecule has 1 amide bonds. The molecular weight excluding hydrogens is 427 g/mol. The molecule has 0 bridgehead atoms. The van der Waals surface area contributed by atoms with Crippen molar-refractivity contribution in [3.8, 4) is 0 Å². The predicted octanol–water partition coefficient (Wildman–Crippen LogP) is 5.30. The molecule has 2 aromatic carbocycles. The van der Waals surface area contributed by atoms with Crippen molar-refractivity contribution in [2.75, 3.05) is 22.1 Å². The lowest BCUT2D eigenvalue weighted by molar-refractivity contribution is -0.113. The number of thioether (sulfide) groups is 2. The second kappa shape index (κ2) is 11.0. The van der Waals surface area contributed by atoms with Crippen molar-refractivity contribution >= 4 is 51.6 Å². The van der Waals surface area contributed by atoms with E-state index in [1.165, 1.54) is 35.2 Å². The molecule has 0 aliphatic rings. The minimum atomic E-state index is -0.261. The van der Waals surface area contributed by atoms with Gasteiger partial charge in [0.15, 0.2) is 4.34 Å². The van der Waals surface area contributed by atoms with Crippen molar-refractivity contribution in [3.63, 3.8) is 0 Å². The summed E-state index contributed by atoms with van der Waals surface area (Å²) in [5.74, 6) is 0.661. The summed E-state index contributed by atoms with van der Waals surface area (Å²) in [6, 6.07) is 14.0. The minimum absolute atomic E-state index is 0.0994. The maximum atomic E-state index is 12.9. The highest BCUT2D eigenvalue weighted by Crippen LogP contribution is 2.28. The van der Waals surface area contributed by atoms with Gasteiger partial charge in [-0.25, -0.2) is 4.39 Å². The quantitative estimate of drug-likeness (QED) is 0.325. The summed E-state index contributed by atoms with van der Waals surface area (Å²) in [6.45, 7) is 4.25. The Balaban J connectivity index is 1.47. The number of carbonyl (C=O) groups excluding carboxylic acids is 1. The number of anilines is 2. The molecule has 0 aliphatic carbocycles. The van der Waals surface area contributed by atoms with Crippen LogP contribution in [0.4, 0.5) is 15.2 Å². The van der Waals surface area contributed by atoms with E-state index in [1.54, 1.807) is 23.9 Å². The molecule has 0 aliphatic heterocycles. The van der Waals surface area contributed by atoms with Gasteiger partial charge in [0.25, 0.3) is 0 Å². The average Bonchev–Trinajstić information content (AvgIpc) is 3.19. The molecule has 0 fully saturated rings. The van der Waals surface area contributed by atoms with Gasteiger partial charge in [0, 0.05) is 17.2 Å². The second-order valence-corrected chi connectivity index (χ2v) is 9.05. The van der Waals surface area contributed by atoms with Gasteiger partial charge in [0.05, 0.1) is 11.4 Å². The van der Waals surface area contributed by atoms with Crippen LogP contribution in [0.15, 0.2) is 70.4 Å². The van der Waals surface area contributed by atoms with E-state index in [0.29, 0.717) is 16.0 Å². The number of hydrogen-bond acceptors (Lipinski definition) is 7. The normalized spacial score (nSPS) is 10.5. The Hall–Kier alpha value is -2.36. The number of nitrogens with zero attached hydrogens (tertiary/aromatic N) is 2. The standard InChI is InChI=1S/C20H19FN4OS3/c1-2-11-27-17-6-4-3-5-16(17)23-18(26)13-28-20-25-24-19(29-20)22-12-14-7-9-15(21)10-8-14/h2-10H,1,11-13H2,(H,22,24)(H,23,26). The molecule has 3 rings (SSSR count). The Bertz CT molecular complexity index is 962. The number of hydrogen-bond donors (Lipinski definition) is 2. The zero-order valence-electron chi connectivity index (χ0n) is 15.4. The third kappa shape index (κ3) is 6.88. The van der Waals surface area contributed by atoms with Crippen LogP contribution in [0.2, 0.25) is 0 Å². The number of amides is 1. The maximum Gasteiger partial charge on any atom is 0.234 e. The molecule has 3 aromatic rings. The first-order valence-corrected chi connectivity index (χ1v) is 11.5. The van der Waals surface area contributed by atoms with Crippen molar-refractivity contribution in [1.82, 2.24) is 10.2 Å². The second-order valence-electron chi connectivity index (χ2n) is 5.79. The van der Waals surface area contributed by atoms with Crippen molar-refractivity contribution in [2.45, 2.75) is 15.8 Å².